The van der Waals surface area contributed by atoms with Gasteiger partial charge in [-0.3, -0.25) is 4.79 Å². The number of rotatable bonds is 5. The third-order valence-corrected chi connectivity index (χ3v) is 4.33. The van der Waals surface area contributed by atoms with Crippen LogP contribution in [-0.2, 0) is 6.18 Å². The molecule has 26 heavy (non-hydrogen) atoms. The lowest BCUT2D eigenvalue weighted by atomic mass is 10.2. The molecule has 1 fully saturated rings. The Bertz CT molecular complexity index is 773. The van der Waals surface area contributed by atoms with Crippen LogP contribution in [0.2, 0.25) is 5.02 Å². The summed E-state index contributed by atoms with van der Waals surface area (Å²) < 4.78 is 41.2. The Morgan fingerprint density at radius 2 is 1.96 bits per heavy atom. The second-order valence-electron chi connectivity index (χ2n) is 6.00. The van der Waals surface area contributed by atoms with Gasteiger partial charge in [0.05, 0.1) is 17.4 Å². The quantitative estimate of drug-likeness (QED) is 0.795. The highest BCUT2D eigenvalue weighted by Crippen LogP contribution is 2.34. The van der Waals surface area contributed by atoms with E-state index < -0.39 is 23.3 Å². The molecule has 1 aromatic heterocycles. The molecule has 0 radical (unpaired) electrons. The number of aromatic nitrogens is 2. The fraction of sp³-hybridized carbons (Fsp3) is 0.375. The molecule has 10 heteroatoms. The maximum absolute atomic E-state index is 13.5. The molecule has 3 N–H and O–H groups in total. The zero-order chi connectivity index (χ0) is 18.2. The van der Waals surface area contributed by atoms with Crippen molar-refractivity contribution in [3.8, 4) is 5.69 Å². The van der Waals surface area contributed by atoms with Crippen LogP contribution in [0.4, 0.5) is 13.2 Å². The maximum atomic E-state index is 13.5. The molecule has 1 aromatic carbocycles. The Morgan fingerprint density at radius 1 is 1.35 bits per heavy atom. The number of hydrogen-bond donors (Lipinski definition) is 2. The fourth-order valence-corrected chi connectivity index (χ4v) is 2.69. The third kappa shape index (κ3) is 4.49. The van der Waals surface area contributed by atoms with Crippen LogP contribution in [-0.4, -0.2) is 28.3 Å². The van der Waals surface area contributed by atoms with E-state index in [1.165, 1.54) is 24.3 Å². The summed E-state index contributed by atoms with van der Waals surface area (Å²) in [6.07, 6.45) is -1.87. The van der Waals surface area contributed by atoms with Gasteiger partial charge < -0.3 is 11.1 Å². The van der Waals surface area contributed by atoms with Crippen molar-refractivity contribution >= 4 is 29.9 Å². The van der Waals surface area contributed by atoms with E-state index in [1.54, 1.807) is 0 Å². The van der Waals surface area contributed by atoms with Gasteiger partial charge in [-0.25, -0.2) is 4.68 Å². The van der Waals surface area contributed by atoms with Crippen LogP contribution in [0.15, 0.2) is 30.5 Å². The van der Waals surface area contributed by atoms with Gasteiger partial charge in [0, 0.05) is 17.6 Å². The summed E-state index contributed by atoms with van der Waals surface area (Å²) >= 11 is 5.76. The van der Waals surface area contributed by atoms with Crippen molar-refractivity contribution in [1.82, 2.24) is 15.1 Å². The van der Waals surface area contributed by atoms with Crippen molar-refractivity contribution in [3.63, 3.8) is 0 Å². The molecule has 5 nitrogen and oxygen atoms in total. The van der Waals surface area contributed by atoms with Crippen molar-refractivity contribution in [1.29, 1.82) is 0 Å². The van der Waals surface area contributed by atoms with E-state index in [4.69, 9.17) is 17.3 Å². The minimum Gasteiger partial charge on any atom is -0.350 e. The van der Waals surface area contributed by atoms with Gasteiger partial charge in [-0.05, 0) is 43.0 Å². The summed E-state index contributed by atoms with van der Waals surface area (Å²) in [7, 11) is 0. The third-order valence-electron chi connectivity index (χ3n) is 4.08. The second kappa shape index (κ2) is 7.85. The number of nitrogens with two attached hydrogens (primary N) is 1. The number of amides is 1. The van der Waals surface area contributed by atoms with Gasteiger partial charge in [0.25, 0.3) is 5.91 Å². The average Bonchev–Trinajstić information content (AvgIpc) is 3.30. The normalized spacial score (nSPS) is 15.3. The van der Waals surface area contributed by atoms with E-state index in [9.17, 15) is 18.0 Å². The molecular formula is C16H17Cl2F3N4O. The standard InChI is InChI=1S/C16H16ClF3N4O.ClH/c17-10-3-5-11(6-4-10)24-14(16(18,19)20)12(7-23-24)15(25)22-8-13(21)9-1-2-9;/h3-7,9,13H,1-2,8,21H2,(H,22,25);1H. The lowest BCUT2D eigenvalue weighted by Gasteiger charge is -2.14. The molecule has 0 aliphatic heterocycles. The molecule has 0 spiro atoms. The first-order chi connectivity index (χ1) is 11.8. The monoisotopic (exact) mass is 408 g/mol. The Morgan fingerprint density at radius 3 is 2.50 bits per heavy atom. The summed E-state index contributed by atoms with van der Waals surface area (Å²) in [6, 6.07) is 5.45. The van der Waals surface area contributed by atoms with Crippen LogP contribution in [0.25, 0.3) is 5.69 Å². The topological polar surface area (TPSA) is 72.9 Å². The first-order valence-corrected chi connectivity index (χ1v) is 8.10. The molecule has 1 atom stereocenters. The smallest absolute Gasteiger partial charge is 0.350 e. The van der Waals surface area contributed by atoms with Gasteiger partial charge in [0.1, 0.15) is 0 Å². The van der Waals surface area contributed by atoms with Crippen LogP contribution in [0, 0.1) is 5.92 Å². The lowest BCUT2D eigenvalue weighted by molar-refractivity contribution is -0.143. The van der Waals surface area contributed by atoms with E-state index in [1.807, 2.05) is 0 Å². The number of nitrogens with one attached hydrogen (secondary N) is 1. The molecule has 1 aliphatic carbocycles. The second-order valence-corrected chi connectivity index (χ2v) is 6.44. The summed E-state index contributed by atoms with van der Waals surface area (Å²) in [5, 5.41) is 6.59. The van der Waals surface area contributed by atoms with Gasteiger partial charge in [0.2, 0.25) is 0 Å². The first-order valence-electron chi connectivity index (χ1n) is 7.72. The highest BCUT2D eigenvalue weighted by Gasteiger charge is 2.40. The summed E-state index contributed by atoms with van der Waals surface area (Å²) in [5.74, 6) is -0.511. The highest BCUT2D eigenvalue weighted by molar-refractivity contribution is 6.30. The van der Waals surface area contributed by atoms with E-state index in [-0.39, 0.29) is 30.7 Å². The van der Waals surface area contributed by atoms with Crippen LogP contribution in [0.1, 0.15) is 28.9 Å². The number of nitrogens with zero attached hydrogens (tertiary/aromatic N) is 2. The van der Waals surface area contributed by atoms with E-state index in [2.05, 4.69) is 10.4 Å². The van der Waals surface area contributed by atoms with E-state index in [0.29, 0.717) is 15.6 Å². The maximum Gasteiger partial charge on any atom is 0.434 e. The van der Waals surface area contributed by atoms with Gasteiger partial charge in [-0.1, -0.05) is 11.6 Å². The molecule has 2 aromatic rings. The average molecular weight is 409 g/mol. The number of carbonyl (C=O) groups is 1. The summed E-state index contributed by atoms with van der Waals surface area (Å²) in [4.78, 5) is 12.2. The Balaban J connectivity index is 0.00000243. The summed E-state index contributed by atoms with van der Waals surface area (Å²) in [6.45, 7) is 0.132. The number of alkyl halides is 3. The van der Waals surface area contributed by atoms with Crippen LogP contribution >= 0.6 is 24.0 Å². The minimum absolute atomic E-state index is 0. The number of halogens is 5. The van der Waals surface area contributed by atoms with E-state index >= 15 is 0 Å². The fourth-order valence-electron chi connectivity index (χ4n) is 2.56. The SMILES string of the molecule is Cl.NC(CNC(=O)c1cnn(-c2ccc(Cl)cc2)c1C(F)(F)F)C1CC1. The van der Waals surface area contributed by atoms with Crippen molar-refractivity contribution in [2.45, 2.75) is 25.1 Å². The van der Waals surface area contributed by atoms with Gasteiger partial charge in [-0.15, -0.1) is 12.4 Å². The lowest BCUT2D eigenvalue weighted by Crippen LogP contribution is -2.39. The van der Waals surface area contributed by atoms with Crippen LogP contribution < -0.4 is 11.1 Å². The van der Waals surface area contributed by atoms with Crippen molar-refractivity contribution in [2.24, 2.45) is 11.7 Å². The molecular weight excluding hydrogens is 392 g/mol. The first kappa shape index (κ1) is 20.5. The van der Waals surface area contributed by atoms with Crippen LogP contribution in [0.3, 0.4) is 0 Å². The molecule has 1 amide bonds. The number of carbonyl (C=O) groups excluding carboxylic acids is 1. The highest BCUT2D eigenvalue weighted by atomic mass is 35.5. The molecule has 142 valence electrons. The number of benzene rings is 1. The molecule has 0 bridgehead atoms. The number of hydrogen-bond acceptors (Lipinski definition) is 3. The Hall–Kier alpha value is -1.77. The van der Waals surface area contributed by atoms with Crippen molar-refractivity contribution < 1.29 is 18.0 Å². The molecule has 3 rings (SSSR count). The Labute approximate surface area is 159 Å². The zero-order valence-corrected chi connectivity index (χ0v) is 15.0. The van der Waals surface area contributed by atoms with Gasteiger partial charge in [-0.2, -0.15) is 18.3 Å². The zero-order valence-electron chi connectivity index (χ0n) is 13.5. The van der Waals surface area contributed by atoms with Crippen LogP contribution in [0.5, 0.6) is 0 Å². The molecule has 1 aliphatic rings. The van der Waals surface area contributed by atoms with Gasteiger partial charge in [0.15, 0.2) is 5.69 Å². The van der Waals surface area contributed by atoms with E-state index in [0.717, 1.165) is 19.0 Å². The minimum atomic E-state index is -4.75. The molecule has 1 unspecified atom stereocenters. The van der Waals surface area contributed by atoms with Crippen molar-refractivity contribution in [2.75, 3.05) is 6.54 Å². The molecule has 1 saturated carbocycles. The molecule has 1 heterocycles. The predicted molar refractivity (Wildman–Crippen MR) is 93.9 cm³/mol. The summed E-state index contributed by atoms with van der Waals surface area (Å²) in [5.41, 5.74) is 4.36. The van der Waals surface area contributed by atoms with Gasteiger partial charge >= 0.3 is 6.18 Å². The predicted octanol–water partition coefficient (Wildman–Crippen LogP) is 3.43. The van der Waals surface area contributed by atoms with Crippen molar-refractivity contribution in [3.05, 3.63) is 46.7 Å². The molecule has 0 saturated heterocycles. The largest absolute Gasteiger partial charge is 0.434 e. The Kier molecular flexibility index (Phi) is 6.21.